The molecule has 4 atom stereocenters. The Bertz CT molecular complexity index is 1560. The van der Waals surface area contributed by atoms with Crippen LogP contribution in [0.5, 0.6) is 0 Å². The topological polar surface area (TPSA) is 150 Å². The van der Waals surface area contributed by atoms with Crippen LogP contribution in [0.25, 0.3) is 10.4 Å². The molecule has 1 aromatic carbocycles. The van der Waals surface area contributed by atoms with Crippen molar-refractivity contribution in [1.29, 1.82) is 0 Å². The van der Waals surface area contributed by atoms with Gasteiger partial charge in [-0.3, -0.25) is 14.4 Å². The van der Waals surface area contributed by atoms with E-state index in [9.17, 15) is 24.3 Å². The number of benzene rings is 1. The Morgan fingerprint density at radius 1 is 1.04 bits per heavy atom. The van der Waals surface area contributed by atoms with Gasteiger partial charge in [-0.2, -0.15) is 0 Å². The van der Waals surface area contributed by atoms with Crippen LogP contribution >= 0.6 is 11.3 Å². The number of aliphatic hydroxyl groups excluding tert-OH is 1. The van der Waals surface area contributed by atoms with Gasteiger partial charge in [0, 0.05) is 31.5 Å². The second-order valence-electron chi connectivity index (χ2n) is 16.7. The first-order valence-electron chi connectivity index (χ1n) is 18.0. The van der Waals surface area contributed by atoms with E-state index in [4.69, 9.17) is 9.47 Å². The first-order valence-corrected chi connectivity index (χ1v) is 18.9. The van der Waals surface area contributed by atoms with Gasteiger partial charge in [0.25, 0.3) is 0 Å². The zero-order chi connectivity index (χ0) is 37.3. The maximum Gasteiger partial charge on any atom is 0.410 e. The van der Waals surface area contributed by atoms with E-state index in [1.807, 2.05) is 85.2 Å². The quantitative estimate of drug-likeness (QED) is 0.328. The summed E-state index contributed by atoms with van der Waals surface area (Å²) >= 11 is 1.58. The summed E-state index contributed by atoms with van der Waals surface area (Å²) in [5.41, 5.74) is 3.64. The van der Waals surface area contributed by atoms with Crippen LogP contribution in [0.3, 0.4) is 0 Å². The highest BCUT2D eigenvalue weighted by molar-refractivity contribution is 7.13. The Hall–Kier alpha value is -3.55. The molecule has 2 aromatic rings. The number of nitrogens with zero attached hydrogens (tertiary/aromatic N) is 3. The van der Waals surface area contributed by atoms with Gasteiger partial charge < -0.3 is 35.0 Å². The number of aliphatic hydroxyl groups is 1. The van der Waals surface area contributed by atoms with Gasteiger partial charge in [-0.25, -0.2) is 9.78 Å². The minimum atomic E-state index is -0.933. The van der Waals surface area contributed by atoms with Crippen LogP contribution in [-0.4, -0.2) is 99.8 Å². The van der Waals surface area contributed by atoms with Crippen LogP contribution in [0, 0.1) is 17.8 Å². The fraction of sp³-hybridized carbons (Fsp3) is 0.658. The zero-order valence-electron chi connectivity index (χ0n) is 31.3. The van der Waals surface area contributed by atoms with Crippen molar-refractivity contribution in [3.63, 3.8) is 0 Å². The highest BCUT2D eigenvalue weighted by Gasteiger charge is 2.48. The molecule has 1 saturated carbocycles. The van der Waals surface area contributed by atoms with Crippen LogP contribution < -0.4 is 10.6 Å². The number of nitrogens with one attached hydrogen (secondary N) is 2. The number of ether oxygens (including phenoxy) is 2. The van der Waals surface area contributed by atoms with E-state index in [1.165, 1.54) is 4.90 Å². The first-order chi connectivity index (χ1) is 23.8. The van der Waals surface area contributed by atoms with Gasteiger partial charge in [0.2, 0.25) is 17.7 Å². The number of likely N-dealkylation sites (tertiary alicyclic amines) is 2. The summed E-state index contributed by atoms with van der Waals surface area (Å²) in [5, 5.41) is 16.5. The van der Waals surface area contributed by atoms with Crippen LogP contribution in [0.1, 0.15) is 97.9 Å². The van der Waals surface area contributed by atoms with E-state index in [0.29, 0.717) is 13.1 Å². The fourth-order valence-corrected chi connectivity index (χ4v) is 8.13. The van der Waals surface area contributed by atoms with E-state index in [2.05, 4.69) is 15.6 Å². The van der Waals surface area contributed by atoms with E-state index >= 15 is 0 Å². The average molecular weight is 726 g/mol. The van der Waals surface area contributed by atoms with Crippen LogP contribution in [-0.2, 0) is 23.9 Å². The maximum absolute atomic E-state index is 14.0. The first kappa shape index (κ1) is 38.7. The largest absolute Gasteiger partial charge is 0.444 e. The van der Waals surface area contributed by atoms with Gasteiger partial charge in [-0.05, 0) is 76.8 Å². The van der Waals surface area contributed by atoms with Crippen molar-refractivity contribution in [2.75, 3.05) is 26.2 Å². The third-order valence-corrected chi connectivity index (χ3v) is 11.2. The standard InChI is InChI=1S/C38H55N5O7S/c1-23(25-9-11-26(12-10-25)31-24(2)39-22-51-31)40-33(46)29-17-27(44)18-43(29)34(47)32(36(3,4)5)41-30(45)19-49-28-13-15-38(16-14-28)20-42(21-38)35(48)50-37(6,7)8/h9-12,22-23,27-29,32,44H,13-21H2,1-8H3,(H,40,46)(H,41,45)/t23-,27+,29-,32+/m0/s1. The van der Waals surface area contributed by atoms with Crippen molar-refractivity contribution < 1.29 is 33.8 Å². The number of aromatic nitrogens is 1. The van der Waals surface area contributed by atoms with E-state index in [-0.39, 0.29) is 49.1 Å². The molecule has 4 amide bonds. The number of amides is 4. The van der Waals surface area contributed by atoms with Crippen LogP contribution in [0.15, 0.2) is 29.8 Å². The van der Waals surface area contributed by atoms with Gasteiger partial charge in [0.1, 0.15) is 24.3 Å². The number of hydrogen-bond donors (Lipinski definition) is 3. The lowest BCUT2D eigenvalue weighted by Crippen LogP contribution is -2.60. The summed E-state index contributed by atoms with van der Waals surface area (Å²) in [6, 6.07) is 5.82. The van der Waals surface area contributed by atoms with Gasteiger partial charge >= 0.3 is 6.09 Å². The molecule has 13 heteroatoms. The number of thiazole rings is 1. The molecule has 0 radical (unpaired) electrons. The molecule has 280 valence electrons. The molecule has 3 fully saturated rings. The summed E-state index contributed by atoms with van der Waals surface area (Å²) in [6.07, 6.45) is 2.26. The van der Waals surface area contributed by atoms with E-state index in [1.54, 1.807) is 16.2 Å². The third-order valence-electron chi connectivity index (χ3n) is 10.2. The summed E-state index contributed by atoms with van der Waals surface area (Å²) in [7, 11) is 0. The van der Waals surface area contributed by atoms with Crippen molar-refractivity contribution in [3.05, 3.63) is 41.0 Å². The Morgan fingerprint density at radius 3 is 2.25 bits per heavy atom. The van der Waals surface area contributed by atoms with E-state index < -0.39 is 41.0 Å². The Kier molecular flexibility index (Phi) is 11.5. The number of β-amino-alcohol motifs (C(OH)–C–C–N with tert-alkyl or cyclic N) is 1. The molecule has 2 saturated heterocycles. The highest BCUT2D eigenvalue weighted by atomic mass is 32.1. The van der Waals surface area contributed by atoms with Gasteiger partial charge in [0.15, 0.2) is 0 Å². The Balaban J connectivity index is 1.12. The van der Waals surface area contributed by atoms with E-state index in [0.717, 1.165) is 47.4 Å². The molecule has 1 spiro atoms. The second kappa shape index (κ2) is 15.2. The predicted molar refractivity (Wildman–Crippen MR) is 195 cm³/mol. The zero-order valence-corrected chi connectivity index (χ0v) is 32.1. The molecule has 0 unspecified atom stereocenters. The molecule has 5 rings (SSSR count). The maximum atomic E-state index is 14.0. The predicted octanol–water partition coefficient (Wildman–Crippen LogP) is 4.98. The molecule has 3 N–H and O–H groups in total. The fourth-order valence-electron chi connectivity index (χ4n) is 7.32. The monoisotopic (exact) mass is 725 g/mol. The smallest absolute Gasteiger partial charge is 0.410 e. The summed E-state index contributed by atoms with van der Waals surface area (Å²) in [5.74, 6) is -1.17. The normalized spacial score (nSPS) is 21.9. The molecule has 0 bridgehead atoms. The number of hydrogen-bond acceptors (Lipinski definition) is 9. The lowest BCUT2D eigenvalue weighted by molar-refractivity contribution is -0.145. The Labute approximate surface area is 305 Å². The minimum absolute atomic E-state index is 0.00231. The lowest BCUT2D eigenvalue weighted by atomic mass is 9.68. The van der Waals surface area contributed by atoms with Gasteiger partial charge in [-0.1, -0.05) is 45.0 Å². The highest BCUT2D eigenvalue weighted by Crippen LogP contribution is 2.45. The molecule has 1 aliphatic carbocycles. The number of rotatable bonds is 9. The van der Waals surface area contributed by atoms with Gasteiger partial charge in [-0.15, -0.1) is 11.3 Å². The van der Waals surface area contributed by atoms with Crippen molar-refractivity contribution in [2.45, 2.75) is 123 Å². The molecule has 3 heterocycles. The molecule has 51 heavy (non-hydrogen) atoms. The SMILES string of the molecule is Cc1ncsc1-c1ccc([C@H](C)NC(=O)[C@@H]2C[C@@H](O)CN2C(=O)[C@@H](NC(=O)COC2CCC3(CC2)CN(C(=O)OC(C)(C)C)C3)C(C)(C)C)cc1. The van der Waals surface area contributed by atoms with Crippen molar-refractivity contribution >= 4 is 35.2 Å². The summed E-state index contributed by atoms with van der Waals surface area (Å²) in [6.45, 7) is 16.2. The summed E-state index contributed by atoms with van der Waals surface area (Å²) < 4.78 is 11.5. The van der Waals surface area contributed by atoms with Crippen molar-refractivity contribution in [3.8, 4) is 10.4 Å². The van der Waals surface area contributed by atoms with Gasteiger partial charge in [0.05, 0.1) is 34.3 Å². The number of carbonyl (C=O) groups is 4. The van der Waals surface area contributed by atoms with Crippen LogP contribution in [0.2, 0.25) is 0 Å². The number of aryl methyl sites for hydroxylation is 1. The molecule has 3 aliphatic rings. The Morgan fingerprint density at radius 2 is 1.69 bits per heavy atom. The average Bonchev–Trinajstić information content (AvgIpc) is 3.65. The summed E-state index contributed by atoms with van der Waals surface area (Å²) in [4.78, 5) is 61.8. The van der Waals surface area contributed by atoms with Crippen molar-refractivity contribution in [2.24, 2.45) is 10.8 Å². The molecule has 2 aliphatic heterocycles. The second-order valence-corrected chi connectivity index (χ2v) is 17.6. The van der Waals surface area contributed by atoms with Crippen molar-refractivity contribution in [1.82, 2.24) is 25.4 Å². The number of carbonyl (C=O) groups excluding carboxylic acids is 4. The third kappa shape index (κ3) is 9.47. The molecular formula is C38H55N5O7S. The molecule has 12 nitrogen and oxygen atoms in total. The minimum Gasteiger partial charge on any atom is -0.444 e. The van der Waals surface area contributed by atoms with Crippen LogP contribution in [0.4, 0.5) is 4.79 Å². The molecule has 1 aromatic heterocycles. The lowest BCUT2D eigenvalue weighted by Gasteiger charge is -2.53. The molecular weight excluding hydrogens is 671 g/mol.